The van der Waals surface area contributed by atoms with E-state index in [1.807, 2.05) is 36.4 Å². The van der Waals surface area contributed by atoms with Gasteiger partial charge in [0.25, 0.3) is 10.0 Å². The normalized spacial score (nSPS) is 11.4. The Hall–Kier alpha value is -4.17. The number of rotatable bonds is 5. The number of anilines is 1. The maximum atomic E-state index is 14.0. The lowest BCUT2D eigenvalue weighted by molar-refractivity contribution is 0.570. The Morgan fingerprint density at radius 2 is 1.58 bits per heavy atom. The number of nitrogens with zero attached hydrogens (tertiary/aromatic N) is 3. The third-order valence-electron chi connectivity index (χ3n) is 5.18. The van der Waals surface area contributed by atoms with Crippen molar-refractivity contribution in [3.05, 3.63) is 104 Å². The number of halogens is 1. The van der Waals surface area contributed by atoms with Crippen molar-refractivity contribution in [2.24, 2.45) is 0 Å². The third-order valence-corrected chi connectivity index (χ3v) is 6.60. The highest BCUT2D eigenvalue weighted by atomic mass is 32.2. The van der Waals surface area contributed by atoms with Crippen molar-refractivity contribution in [1.82, 2.24) is 15.0 Å². The molecule has 3 heterocycles. The fraction of sp³-hybridized carbons (Fsp3) is 0. The minimum Gasteiger partial charge on any atom is -0.278 e. The number of fused-ring (bicyclic) bond motifs is 1. The monoisotopic (exact) mass is 456 g/mol. The summed E-state index contributed by atoms with van der Waals surface area (Å²) in [6, 6.07) is 18.5. The molecule has 0 aliphatic carbocycles. The summed E-state index contributed by atoms with van der Waals surface area (Å²) in [7, 11) is -4.10. The molecule has 0 bridgehead atoms. The topological polar surface area (TPSA) is 84.8 Å². The van der Waals surface area contributed by atoms with Gasteiger partial charge in [0.15, 0.2) is 0 Å². The maximum Gasteiger partial charge on any atom is 0.264 e. The van der Waals surface area contributed by atoms with Gasteiger partial charge >= 0.3 is 0 Å². The van der Waals surface area contributed by atoms with Crippen LogP contribution in [0.15, 0.2) is 103 Å². The third kappa shape index (κ3) is 4.16. The molecule has 2 aromatic carbocycles. The van der Waals surface area contributed by atoms with Crippen LogP contribution in [0.2, 0.25) is 0 Å². The Kier molecular flexibility index (Phi) is 5.27. The largest absolute Gasteiger partial charge is 0.278 e. The van der Waals surface area contributed by atoms with Gasteiger partial charge in [0.2, 0.25) is 0 Å². The van der Waals surface area contributed by atoms with Gasteiger partial charge in [-0.15, -0.1) is 0 Å². The Bertz CT molecular complexity index is 1570. The summed E-state index contributed by atoms with van der Waals surface area (Å²) >= 11 is 0. The number of pyridine rings is 3. The first kappa shape index (κ1) is 20.7. The van der Waals surface area contributed by atoms with E-state index in [4.69, 9.17) is 0 Å². The Morgan fingerprint density at radius 3 is 2.39 bits per heavy atom. The maximum absolute atomic E-state index is 14.0. The van der Waals surface area contributed by atoms with Crippen molar-refractivity contribution >= 4 is 26.6 Å². The van der Waals surface area contributed by atoms with E-state index in [-0.39, 0.29) is 5.69 Å². The zero-order chi connectivity index (χ0) is 22.8. The first-order chi connectivity index (χ1) is 16.0. The molecule has 0 saturated carbocycles. The lowest BCUT2D eigenvalue weighted by Crippen LogP contribution is -2.14. The fourth-order valence-corrected chi connectivity index (χ4v) is 4.75. The highest BCUT2D eigenvalue weighted by molar-refractivity contribution is 7.92. The Morgan fingerprint density at radius 1 is 0.758 bits per heavy atom. The molecule has 6 nitrogen and oxygen atoms in total. The van der Waals surface area contributed by atoms with Crippen molar-refractivity contribution in [2.75, 3.05) is 4.72 Å². The van der Waals surface area contributed by atoms with E-state index >= 15 is 0 Å². The second-order valence-corrected chi connectivity index (χ2v) is 8.98. The van der Waals surface area contributed by atoms with Gasteiger partial charge in [-0.2, -0.15) is 0 Å². The van der Waals surface area contributed by atoms with E-state index in [1.54, 1.807) is 30.9 Å². The van der Waals surface area contributed by atoms with Crippen molar-refractivity contribution in [3.8, 4) is 22.3 Å². The van der Waals surface area contributed by atoms with Crippen LogP contribution in [0.5, 0.6) is 0 Å². The van der Waals surface area contributed by atoms with Gasteiger partial charge in [0.05, 0.1) is 17.4 Å². The molecular formula is C25H17FN4O2S. The number of benzene rings is 2. The molecule has 5 rings (SSSR count). The molecule has 33 heavy (non-hydrogen) atoms. The minimum atomic E-state index is -4.10. The highest BCUT2D eigenvalue weighted by Gasteiger charge is 2.19. The van der Waals surface area contributed by atoms with E-state index in [9.17, 15) is 12.8 Å². The van der Waals surface area contributed by atoms with Crippen LogP contribution in [0.25, 0.3) is 33.2 Å². The number of aromatic nitrogens is 3. The van der Waals surface area contributed by atoms with Crippen LogP contribution in [0, 0.1) is 5.82 Å². The van der Waals surface area contributed by atoms with Crippen molar-refractivity contribution < 1.29 is 12.8 Å². The van der Waals surface area contributed by atoms with Crippen molar-refractivity contribution in [2.45, 2.75) is 4.90 Å². The molecule has 0 aliphatic rings. The smallest absolute Gasteiger partial charge is 0.264 e. The first-order valence-corrected chi connectivity index (χ1v) is 11.5. The van der Waals surface area contributed by atoms with Crippen molar-refractivity contribution in [3.63, 3.8) is 0 Å². The number of nitrogens with one attached hydrogen (secondary N) is 1. The summed E-state index contributed by atoms with van der Waals surface area (Å²) in [5, 5.41) is 0.943. The van der Waals surface area contributed by atoms with Gasteiger partial charge in [-0.05, 0) is 65.2 Å². The van der Waals surface area contributed by atoms with Gasteiger partial charge in [-0.3, -0.25) is 19.7 Å². The number of hydrogen-bond acceptors (Lipinski definition) is 5. The van der Waals surface area contributed by atoms with E-state index in [1.165, 1.54) is 24.4 Å². The van der Waals surface area contributed by atoms with Crippen LogP contribution in [0.1, 0.15) is 0 Å². The molecule has 0 aliphatic heterocycles. The zero-order valence-corrected chi connectivity index (χ0v) is 18.0. The predicted octanol–water partition coefficient (Wildman–Crippen LogP) is 5.30. The average molecular weight is 457 g/mol. The Labute approximate surface area is 189 Å². The molecule has 0 amide bonds. The summed E-state index contributed by atoms with van der Waals surface area (Å²) in [6.45, 7) is 0. The zero-order valence-electron chi connectivity index (χ0n) is 17.2. The van der Waals surface area contributed by atoms with Crippen LogP contribution in [-0.4, -0.2) is 23.4 Å². The van der Waals surface area contributed by atoms with Gasteiger partial charge in [-0.1, -0.05) is 18.2 Å². The fourth-order valence-electron chi connectivity index (χ4n) is 3.64. The van der Waals surface area contributed by atoms with Crippen molar-refractivity contribution in [1.29, 1.82) is 0 Å². The van der Waals surface area contributed by atoms with Gasteiger partial charge in [-0.25, -0.2) is 12.8 Å². The Balaban J connectivity index is 1.54. The highest BCUT2D eigenvalue weighted by Crippen LogP contribution is 2.31. The van der Waals surface area contributed by atoms with E-state index in [0.717, 1.165) is 33.7 Å². The van der Waals surface area contributed by atoms with Crippen LogP contribution in [0.4, 0.5) is 10.1 Å². The van der Waals surface area contributed by atoms with E-state index < -0.39 is 20.7 Å². The SMILES string of the molecule is O=S(=O)(Nc1cncc(-c2ccc3nccc(-c4ccncc4)c3c2)c1)c1ccccc1F. The molecule has 3 aromatic heterocycles. The van der Waals surface area contributed by atoms with Crippen LogP contribution >= 0.6 is 0 Å². The molecule has 0 radical (unpaired) electrons. The van der Waals surface area contributed by atoms with E-state index in [0.29, 0.717) is 5.56 Å². The lowest BCUT2D eigenvalue weighted by Gasteiger charge is -2.11. The predicted molar refractivity (Wildman–Crippen MR) is 125 cm³/mol. The molecular weight excluding hydrogens is 439 g/mol. The minimum absolute atomic E-state index is 0.233. The van der Waals surface area contributed by atoms with E-state index in [2.05, 4.69) is 19.7 Å². The lowest BCUT2D eigenvalue weighted by atomic mass is 9.98. The average Bonchev–Trinajstić information content (AvgIpc) is 2.84. The second-order valence-electron chi connectivity index (χ2n) is 7.32. The molecule has 0 unspecified atom stereocenters. The van der Waals surface area contributed by atoms with Gasteiger partial charge in [0.1, 0.15) is 10.7 Å². The number of sulfonamides is 1. The molecule has 0 spiro atoms. The summed E-state index contributed by atoms with van der Waals surface area (Å²) in [5.41, 5.74) is 4.63. The molecule has 0 fully saturated rings. The second kappa shape index (κ2) is 8.40. The number of hydrogen-bond donors (Lipinski definition) is 1. The van der Waals surface area contributed by atoms with Crippen LogP contribution in [-0.2, 0) is 10.0 Å². The summed E-state index contributed by atoms with van der Waals surface area (Å²) in [6.07, 6.45) is 8.26. The summed E-state index contributed by atoms with van der Waals surface area (Å²) in [4.78, 5) is 12.3. The standard InChI is InChI=1S/C25H17FN4O2S/c26-23-3-1-2-4-25(23)33(31,32)30-20-13-19(15-28-16-20)18-5-6-24-22(14-18)21(9-12-29-24)17-7-10-27-11-8-17/h1-16,30H. The molecule has 162 valence electrons. The summed E-state index contributed by atoms with van der Waals surface area (Å²) < 4.78 is 41.7. The molecule has 0 atom stereocenters. The molecule has 5 aromatic rings. The van der Waals surface area contributed by atoms with Gasteiger partial charge < -0.3 is 0 Å². The van der Waals surface area contributed by atoms with Gasteiger partial charge in [0, 0.05) is 35.7 Å². The quantitative estimate of drug-likeness (QED) is 0.388. The molecule has 8 heteroatoms. The molecule has 0 saturated heterocycles. The first-order valence-electron chi connectivity index (χ1n) is 10.0. The molecule has 1 N–H and O–H groups in total. The summed E-state index contributed by atoms with van der Waals surface area (Å²) in [5.74, 6) is -0.820. The van der Waals surface area contributed by atoms with Crippen LogP contribution < -0.4 is 4.72 Å². The van der Waals surface area contributed by atoms with Crippen LogP contribution in [0.3, 0.4) is 0 Å².